The SMILES string of the molecule is CC.CCNc1ccc(N2CCC2=O)c(O)c1. The molecule has 2 N–H and O–H groups in total. The van der Waals surface area contributed by atoms with Gasteiger partial charge in [-0.25, -0.2) is 0 Å². The third kappa shape index (κ3) is 2.90. The molecule has 0 aromatic heterocycles. The van der Waals surface area contributed by atoms with Gasteiger partial charge in [0, 0.05) is 31.3 Å². The van der Waals surface area contributed by atoms with Crippen LogP contribution in [0.5, 0.6) is 5.75 Å². The first kappa shape index (κ1) is 13.4. The van der Waals surface area contributed by atoms with E-state index in [4.69, 9.17) is 0 Å². The number of nitrogens with one attached hydrogen (secondary N) is 1. The van der Waals surface area contributed by atoms with Crippen molar-refractivity contribution >= 4 is 17.3 Å². The van der Waals surface area contributed by atoms with Crippen molar-refractivity contribution in [3.05, 3.63) is 18.2 Å². The monoisotopic (exact) mass is 236 g/mol. The second kappa shape index (κ2) is 6.13. The summed E-state index contributed by atoms with van der Waals surface area (Å²) in [5.41, 5.74) is 1.47. The Kier molecular flexibility index (Phi) is 4.82. The van der Waals surface area contributed by atoms with Gasteiger partial charge in [0.25, 0.3) is 0 Å². The summed E-state index contributed by atoms with van der Waals surface area (Å²) in [6, 6.07) is 5.28. The van der Waals surface area contributed by atoms with Crippen LogP contribution in [0.2, 0.25) is 0 Å². The lowest BCUT2D eigenvalue weighted by molar-refractivity contribution is -0.122. The van der Waals surface area contributed by atoms with Crippen molar-refractivity contribution in [1.29, 1.82) is 0 Å². The molecular weight excluding hydrogens is 216 g/mol. The number of nitrogens with zero attached hydrogens (tertiary/aromatic N) is 1. The van der Waals surface area contributed by atoms with Crippen molar-refractivity contribution in [2.24, 2.45) is 0 Å². The number of phenolic OH excluding ortho intramolecular Hbond substituents is 1. The molecule has 1 heterocycles. The molecule has 0 atom stereocenters. The van der Waals surface area contributed by atoms with E-state index in [0.717, 1.165) is 12.2 Å². The Bertz CT molecular complexity index is 391. The third-order valence-electron chi connectivity index (χ3n) is 2.50. The van der Waals surface area contributed by atoms with E-state index in [9.17, 15) is 9.90 Å². The minimum absolute atomic E-state index is 0.0708. The number of carbonyl (C=O) groups is 1. The van der Waals surface area contributed by atoms with E-state index in [2.05, 4.69) is 5.32 Å². The van der Waals surface area contributed by atoms with E-state index in [1.165, 1.54) is 0 Å². The molecule has 0 unspecified atom stereocenters. The molecule has 1 fully saturated rings. The number of β-lactam (4-membered cyclic amide) rings is 1. The van der Waals surface area contributed by atoms with Gasteiger partial charge in [0.1, 0.15) is 5.75 Å². The van der Waals surface area contributed by atoms with Crippen molar-refractivity contribution in [3.63, 3.8) is 0 Å². The molecule has 17 heavy (non-hydrogen) atoms. The predicted molar refractivity (Wildman–Crippen MR) is 70.6 cm³/mol. The summed E-state index contributed by atoms with van der Waals surface area (Å²) in [4.78, 5) is 12.8. The van der Waals surface area contributed by atoms with E-state index in [1.54, 1.807) is 17.0 Å². The highest BCUT2D eigenvalue weighted by atomic mass is 16.3. The molecular formula is C13H20N2O2. The number of phenols is 1. The molecule has 0 bridgehead atoms. The lowest BCUT2D eigenvalue weighted by atomic mass is 10.1. The van der Waals surface area contributed by atoms with Crippen LogP contribution in [-0.2, 0) is 4.79 Å². The molecule has 4 nitrogen and oxygen atoms in total. The van der Waals surface area contributed by atoms with Crippen LogP contribution in [-0.4, -0.2) is 24.1 Å². The Morgan fingerprint density at radius 3 is 2.53 bits per heavy atom. The summed E-state index contributed by atoms with van der Waals surface area (Å²) < 4.78 is 0. The van der Waals surface area contributed by atoms with Crippen molar-refractivity contribution in [1.82, 2.24) is 0 Å². The number of aromatic hydroxyl groups is 1. The van der Waals surface area contributed by atoms with E-state index in [-0.39, 0.29) is 11.7 Å². The van der Waals surface area contributed by atoms with Crippen molar-refractivity contribution in [2.45, 2.75) is 27.2 Å². The van der Waals surface area contributed by atoms with Gasteiger partial charge in [-0.3, -0.25) is 4.79 Å². The van der Waals surface area contributed by atoms with Crippen LogP contribution in [0.15, 0.2) is 18.2 Å². The van der Waals surface area contributed by atoms with Crippen LogP contribution in [0.4, 0.5) is 11.4 Å². The maximum absolute atomic E-state index is 11.2. The first-order chi connectivity index (χ1) is 8.22. The summed E-state index contributed by atoms with van der Waals surface area (Å²) in [5.74, 6) is 0.225. The molecule has 1 aromatic carbocycles. The van der Waals surface area contributed by atoms with Gasteiger partial charge in [0.15, 0.2) is 0 Å². The lowest BCUT2D eigenvalue weighted by Crippen LogP contribution is -2.43. The van der Waals surface area contributed by atoms with Gasteiger partial charge < -0.3 is 15.3 Å². The van der Waals surface area contributed by atoms with Gasteiger partial charge in [-0.05, 0) is 19.1 Å². The molecule has 0 radical (unpaired) electrons. The van der Waals surface area contributed by atoms with E-state index < -0.39 is 0 Å². The zero-order valence-corrected chi connectivity index (χ0v) is 10.7. The Morgan fingerprint density at radius 1 is 1.41 bits per heavy atom. The molecule has 0 spiro atoms. The summed E-state index contributed by atoms with van der Waals surface area (Å²) >= 11 is 0. The minimum Gasteiger partial charge on any atom is -0.506 e. The first-order valence-corrected chi connectivity index (χ1v) is 6.09. The van der Waals surface area contributed by atoms with Gasteiger partial charge >= 0.3 is 0 Å². The normalized spacial score (nSPS) is 13.6. The maximum Gasteiger partial charge on any atom is 0.228 e. The Morgan fingerprint density at radius 2 is 2.12 bits per heavy atom. The Hall–Kier alpha value is -1.71. The maximum atomic E-state index is 11.2. The Balaban J connectivity index is 0.000000686. The minimum atomic E-state index is 0.0708. The van der Waals surface area contributed by atoms with E-state index in [0.29, 0.717) is 18.7 Å². The summed E-state index contributed by atoms with van der Waals surface area (Å²) in [6.45, 7) is 7.50. The molecule has 0 aliphatic carbocycles. The van der Waals surface area contributed by atoms with Crippen LogP contribution in [0, 0.1) is 0 Å². The third-order valence-corrected chi connectivity index (χ3v) is 2.50. The molecule has 4 heteroatoms. The largest absolute Gasteiger partial charge is 0.506 e. The molecule has 1 aliphatic rings. The van der Waals surface area contributed by atoms with E-state index in [1.807, 2.05) is 26.8 Å². The smallest absolute Gasteiger partial charge is 0.228 e. The number of rotatable bonds is 3. The van der Waals surface area contributed by atoms with Crippen molar-refractivity contribution < 1.29 is 9.90 Å². The van der Waals surface area contributed by atoms with Gasteiger partial charge in [0.05, 0.1) is 5.69 Å². The standard InChI is InChI=1S/C11H14N2O2.C2H6/c1-2-12-8-3-4-9(10(14)7-8)13-6-5-11(13)15;1-2/h3-4,7,12,14H,2,5-6H2,1H3;1-2H3. The van der Waals surface area contributed by atoms with Gasteiger partial charge in [0.2, 0.25) is 5.91 Å². The summed E-state index contributed by atoms with van der Waals surface area (Å²) in [5, 5.41) is 12.8. The van der Waals surface area contributed by atoms with Crippen LogP contribution in [0.1, 0.15) is 27.2 Å². The quantitative estimate of drug-likeness (QED) is 0.793. The molecule has 1 saturated heterocycles. The van der Waals surface area contributed by atoms with Crippen molar-refractivity contribution in [3.8, 4) is 5.75 Å². The summed E-state index contributed by atoms with van der Waals surface area (Å²) in [7, 11) is 0. The number of hydrogen-bond acceptors (Lipinski definition) is 3. The fourth-order valence-corrected chi connectivity index (χ4v) is 1.64. The predicted octanol–water partition coefficient (Wildman–Crippen LogP) is 2.59. The highest BCUT2D eigenvalue weighted by Gasteiger charge is 2.27. The molecule has 1 aromatic rings. The Labute approximate surface area is 102 Å². The topological polar surface area (TPSA) is 52.6 Å². The highest BCUT2D eigenvalue weighted by molar-refractivity contribution is 6.00. The van der Waals surface area contributed by atoms with Crippen LogP contribution in [0.3, 0.4) is 0 Å². The van der Waals surface area contributed by atoms with Crippen LogP contribution < -0.4 is 10.2 Å². The number of amides is 1. The second-order valence-electron chi connectivity index (χ2n) is 3.53. The van der Waals surface area contributed by atoms with E-state index >= 15 is 0 Å². The summed E-state index contributed by atoms with van der Waals surface area (Å²) in [6.07, 6.45) is 0.578. The number of carbonyl (C=O) groups excluding carboxylic acids is 1. The zero-order chi connectivity index (χ0) is 12.8. The molecule has 2 rings (SSSR count). The first-order valence-electron chi connectivity index (χ1n) is 6.09. The fourth-order valence-electron chi connectivity index (χ4n) is 1.64. The number of anilines is 2. The van der Waals surface area contributed by atoms with Gasteiger partial charge in [-0.1, -0.05) is 13.8 Å². The fraction of sp³-hybridized carbons (Fsp3) is 0.462. The van der Waals surface area contributed by atoms with Crippen LogP contribution in [0.25, 0.3) is 0 Å². The van der Waals surface area contributed by atoms with Crippen molar-refractivity contribution in [2.75, 3.05) is 23.3 Å². The zero-order valence-electron chi connectivity index (χ0n) is 10.7. The van der Waals surface area contributed by atoms with Gasteiger partial charge in [-0.2, -0.15) is 0 Å². The average Bonchev–Trinajstić information content (AvgIpc) is 2.33. The number of hydrogen-bond donors (Lipinski definition) is 2. The molecule has 0 saturated carbocycles. The van der Waals surface area contributed by atoms with Crippen LogP contribution >= 0.6 is 0 Å². The lowest BCUT2D eigenvalue weighted by Gasteiger charge is -2.31. The molecule has 94 valence electrons. The highest BCUT2D eigenvalue weighted by Crippen LogP contribution is 2.33. The molecule has 1 aliphatic heterocycles. The average molecular weight is 236 g/mol. The molecule has 1 amide bonds. The number of benzene rings is 1. The van der Waals surface area contributed by atoms with Gasteiger partial charge in [-0.15, -0.1) is 0 Å². The second-order valence-corrected chi connectivity index (χ2v) is 3.53.